The molecule has 1 heterocycles. The number of amidine groups is 1. The highest BCUT2D eigenvalue weighted by Gasteiger charge is 2.46. The van der Waals surface area contributed by atoms with Crippen LogP contribution in [-0.4, -0.2) is 33.2 Å². The lowest BCUT2D eigenvalue weighted by Crippen LogP contribution is -2.35. The van der Waals surface area contributed by atoms with E-state index < -0.39 is 22.8 Å². The Labute approximate surface area is 177 Å². The zero-order valence-corrected chi connectivity index (χ0v) is 17.4. The van der Waals surface area contributed by atoms with Gasteiger partial charge in [0.15, 0.2) is 5.17 Å². The summed E-state index contributed by atoms with van der Waals surface area (Å²) < 4.78 is 26.8. The molecule has 4 rings (SSSR count). The predicted molar refractivity (Wildman–Crippen MR) is 114 cm³/mol. The fourth-order valence-electron chi connectivity index (χ4n) is 3.28. The van der Waals surface area contributed by atoms with Gasteiger partial charge in [0.05, 0.1) is 11.4 Å². The molecule has 2 aliphatic rings. The van der Waals surface area contributed by atoms with Crippen LogP contribution in [0.4, 0.5) is 20.2 Å². The Bertz CT molecular complexity index is 1050. The highest BCUT2D eigenvalue weighted by atomic mass is 32.2. The molecule has 30 heavy (non-hydrogen) atoms. The van der Waals surface area contributed by atoms with E-state index in [-0.39, 0.29) is 24.1 Å². The van der Waals surface area contributed by atoms with Crippen molar-refractivity contribution in [2.45, 2.75) is 44.4 Å². The number of hydrogen-bond donors (Lipinski definition) is 1. The number of benzene rings is 2. The second kappa shape index (κ2) is 8.18. The summed E-state index contributed by atoms with van der Waals surface area (Å²) >= 11 is 1.26. The molecule has 2 aromatic rings. The van der Waals surface area contributed by atoms with Gasteiger partial charge >= 0.3 is 0 Å². The van der Waals surface area contributed by atoms with Crippen LogP contribution in [0, 0.1) is 25.5 Å². The number of rotatable bonds is 5. The summed E-state index contributed by atoms with van der Waals surface area (Å²) in [7, 11) is 0. The summed E-state index contributed by atoms with van der Waals surface area (Å²) in [5.41, 5.74) is 2.85. The molecule has 0 radical (unpaired) electrons. The second-order valence-corrected chi connectivity index (χ2v) is 8.71. The molecule has 8 heteroatoms. The summed E-state index contributed by atoms with van der Waals surface area (Å²) in [6.07, 6.45) is 1.71. The number of amides is 2. The molecule has 0 aromatic heterocycles. The Morgan fingerprint density at radius 3 is 2.70 bits per heavy atom. The molecular formula is C22H21F2N3O2S. The average Bonchev–Trinajstić information content (AvgIpc) is 3.47. The lowest BCUT2D eigenvalue weighted by molar-refractivity contribution is -0.128. The Kier molecular flexibility index (Phi) is 5.60. The molecule has 5 nitrogen and oxygen atoms in total. The number of carbonyl (C=O) groups is 2. The van der Waals surface area contributed by atoms with Crippen molar-refractivity contribution in [1.82, 2.24) is 4.90 Å². The Hall–Kier alpha value is -2.74. The molecule has 0 bridgehead atoms. The molecule has 2 fully saturated rings. The van der Waals surface area contributed by atoms with Crippen molar-refractivity contribution in [3.05, 3.63) is 59.2 Å². The van der Waals surface area contributed by atoms with Gasteiger partial charge in [0, 0.05) is 18.5 Å². The average molecular weight is 429 g/mol. The number of hydrogen-bond acceptors (Lipinski definition) is 4. The summed E-state index contributed by atoms with van der Waals surface area (Å²) in [4.78, 5) is 31.8. The van der Waals surface area contributed by atoms with Crippen LogP contribution in [0.25, 0.3) is 0 Å². The molecular weight excluding hydrogens is 408 g/mol. The fraction of sp³-hybridized carbons (Fsp3) is 0.318. The summed E-state index contributed by atoms with van der Waals surface area (Å²) in [6.45, 7) is 3.99. The number of halogens is 2. The molecule has 0 spiro atoms. The van der Waals surface area contributed by atoms with Crippen LogP contribution in [0.15, 0.2) is 41.4 Å². The van der Waals surface area contributed by atoms with Gasteiger partial charge in [0.1, 0.15) is 16.9 Å². The number of carbonyl (C=O) groups excluding carboxylic acids is 2. The van der Waals surface area contributed by atoms with Crippen LogP contribution in [-0.2, 0) is 9.59 Å². The molecule has 2 aromatic carbocycles. The summed E-state index contributed by atoms with van der Waals surface area (Å²) in [6, 6.07) is 8.89. The minimum absolute atomic E-state index is 0.111. The number of aliphatic imine (C=N–C) groups is 1. The van der Waals surface area contributed by atoms with Crippen LogP contribution in [0.5, 0.6) is 0 Å². The predicted octanol–water partition coefficient (Wildman–Crippen LogP) is 4.70. The van der Waals surface area contributed by atoms with Crippen LogP contribution in [0.3, 0.4) is 0 Å². The molecule has 1 atom stereocenters. The summed E-state index contributed by atoms with van der Waals surface area (Å²) in [5, 5.41) is 2.39. The van der Waals surface area contributed by atoms with Gasteiger partial charge in [0.2, 0.25) is 11.8 Å². The van der Waals surface area contributed by atoms with E-state index in [1.165, 1.54) is 11.8 Å². The third-order valence-electron chi connectivity index (χ3n) is 5.25. The van der Waals surface area contributed by atoms with Gasteiger partial charge in [-0.05, 0) is 56.0 Å². The number of thioether (sulfide) groups is 1. The van der Waals surface area contributed by atoms with E-state index in [0.717, 1.165) is 41.8 Å². The molecule has 1 saturated heterocycles. The fourth-order valence-corrected chi connectivity index (χ4v) is 4.49. The van der Waals surface area contributed by atoms with E-state index in [1.54, 1.807) is 4.90 Å². The van der Waals surface area contributed by atoms with Gasteiger partial charge in [0.25, 0.3) is 0 Å². The van der Waals surface area contributed by atoms with Crippen molar-refractivity contribution < 1.29 is 18.4 Å². The van der Waals surface area contributed by atoms with Crippen LogP contribution in [0.1, 0.15) is 30.4 Å². The molecule has 1 unspecified atom stereocenters. The van der Waals surface area contributed by atoms with Crippen molar-refractivity contribution >= 4 is 40.1 Å². The molecule has 1 N–H and O–H groups in total. The zero-order chi connectivity index (χ0) is 21.4. The molecule has 1 aliphatic heterocycles. The third kappa shape index (κ3) is 4.23. The number of nitrogens with zero attached hydrogens (tertiary/aromatic N) is 2. The first-order chi connectivity index (χ1) is 14.3. The first kappa shape index (κ1) is 20.5. The van der Waals surface area contributed by atoms with Crippen molar-refractivity contribution in [3.8, 4) is 0 Å². The highest BCUT2D eigenvalue weighted by Crippen LogP contribution is 2.40. The smallest absolute Gasteiger partial charge is 0.242 e. The monoisotopic (exact) mass is 429 g/mol. The number of nitrogens with one attached hydrogen (secondary N) is 1. The van der Waals surface area contributed by atoms with Crippen molar-refractivity contribution in [2.24, 2.45) is 4.99 Å². The van der Waals surface area contributed by atoms with Crippen LogP contribution >= 0.6 is 11.8 Å². The van der Waals surface area contributed by atoms with Crippen molar-refractivity contribution in [3.63, 3.8) is 0 Å². The van der Waals surface area contributed by atoms with Gasteiger partial charge < -0.3 is 5.32 Å². The SMILES string of the molecule is Cc1cccc(N=C2SC(CC(=O)Nc3ccc(F)cc3F)C(=O)N2C2CC2)c1C. The van der Waals surface area contributed by atoms with E-state index in [4.69, 9.17) is 4.99 Å². The Balaban J connectivity index is 1.52. The lowest BCUT2D eigenvalue weighted by atomic mass is 10.1. The van der Waals surface area contributed by atoms with Gasteiger partial charge in [-0.25, -0.2) is 13.8 Å². The zero-order valence-electron chi connectivity index (χ0n) is 16.6. The molecule has 1 saturated carbocycles. The molecule has 2 amide bonds. The normalized spacial score (nSPS) is 20.1. The second-order valence-electron chi connectivity index (χ2n) is 7.54. The van der Waals surface area contributed by atoms with Gasteiger partial charge in [-0.1, -0.05) is 23.9 Å². The maximum Gasteiger partial charge on any atom is 0.242 e. The minimum atomic E-state index is -0.856. The minimum Gasteiger partial charge on any atom is -0.324 e. The number of anilines is 1. The summed E-state index contributed by atoms with van der Waals surface area (Å²) in [5.74, 6) is -2.23. The maximum atomic E-state index is 13.8. The molecule has 156 valence electrons. The topological polar surface area (TPSA) is 61.8 Å². The van der Waals surface area contributed by atoms with Crippen LogP contribution in [0.2, 0.25) is 0 Å². The largest absolute Gasteiger partial charge is 0.324 e. The van der Waals surface area contributed by atoms with Crippen molar-refractivity contribution in [1.29, 1.82) is 0 Å². The van der Waals surface area contributed by atoms with E-state index in [0.29, 0.717) is 11.2 Å². The highest BCUT2D eigenvalue weighted by molar-refractivity contribution is 8.15. The van der Waals surface area contributed by atoms with E-state index in [9.17, 15) is 18.4 Å². The third-order valence-corrected chi connectivity index (χ3v) is 6.40. The van der Waals surface area contributed by atoms with E-state index in [2.05, 4.69) is 5.32 Å². The Morgan fingerprint density at radius 1 is 1.23 bits per heavy atom. The lowest BCUT2D eigenvalue weighted by Gasteiger charge is -2.16. The van der Waals surface area contributed by atoms with E-state index in [1.807, 2.05) is 32.0 Å². The van der Waals surface area contributed by atoms with Crippen molar-refractivity contribution in [2.75, 3.05) is 5.32 Å². The van der Waals surface area contributed by atoms with Crippen LogP contribution < -0.4 is 5.32 Å². The Morgan fingerprint density at radius 2 is 2.00 bits per heavy atom. The molecule has 1 aliphatic carbocycles. The first-order valence-electron chi connectivity index (χ1n) is 9.73. The quantitative estimate of drug-likeness (QED) is 0.749. The first-order valence-corrected chi connectivity index (χ1v) is 10.6. The number of aryl methyl sites for hydroxylation is 1. The van der Waals surface area contributed by atoms with E-state index >= 15 is 0 Å². The standard InChI is InChI=1S/C22H21F2N3O2S/c1-12-4-3-5-17(13(12)2)26-22-27(15-7-8-15)21(29)19(30-22)11-20(28)25-18-9-6-14(23)10-16(18)24/h3-6,9-10,15,19H,7-8,11H2,1-2H3,(H,25,28). The van der Waals surface area contributed by atoms with Gasteiger partial charge in [-0.2, -0.15) is 0 Å². The maximum absolute atomic E-state index is 13.8. The van der Waals surface area contributed by atoms with Gasteiger partial charge in [-0.3, -0.25) is 14.5 Å². The van der Waals surface area contributed by atoms with Gasteiger partial charge in [-0.15, -0.1) is 0 Å².